The minimum atomic E-state index is 0. The maximum absolute atomic E-state index is 7.55. The van der Waals surface area contributed by atoms with Crippen LogP contribution in [0.5, 0.6) is 0 Å². The first-order chi connectivity index (χ1) is 2.41. The summed E-state index contributed by atoms with van der Waals surface area (Å²) < 4.78 is 0. The molecule has 0 bridgehead atoms. The topological polar surface area (TPSA) is 47.6 Å². The van der Waals surface area contributed by atoms with Gasteiger partial charge in [-0.1, -0.05) is 0 Å². The van der Waals surface area contributed by atoms with E-state index in [2.05, 4.69) is 0 Å². The molecule has 0 radical (unpaired) electrons. The zero-order chi connectivity index (χ0) is 4.12. The molecule has 0 fully saturated rings. The van der Waals surface area contributed by atoms with Crippen LogP contribution in [0.1, 0.15) is 0 Å². The third-order valence-corrected chi connectivity index (χ3v) is 0.278. The van der Waals surface area contributed by atoms with E-state index in [1.54, 1.807) is 9.94 Å². The van der Waals surface area contributed by atoms with Crippen LogP contribution in [0.4, 0.5) is 0 Å². The fourth-order valence-corrected chi connectivity index (χ4v) is 0.0622. The molecule has 6 heavy (non-hydrogen) atoms. The molecule has 0 aliphatic rings. The Labute approximate surface area is 85.1 Å². The Morgan fingerprint density at radius 1 is 1.17 bits per heavy atom. The molecule has 0 unspecified atom stereocenters. The fourth-order valence-electron chi connectivity index (χ4n) is 0.0151. The van der Waals surface area contributed by atoms with E-state index in [1.165, 1.54) is 0 Å². The van der Waals surface area contributed by atoms with E-state index in [1.807, 2.05) is 0 Å². The standard InChI is InChI=1S/2CN.Cu.K/c2*1-2;;/q;;-1;+1. The van der Waals surface area contributed by atoms with E-state index in [0.29, 0.717) is 15.0 Å². The van der Waals surface area contributed by atoms with Crippen molar-refractivity contribution in [2.45, 2.75) is 0 Å². The third-order valence-electron chi connectivity index (χ3n) is 0.0674. The van der Waals surface area contributed by atoms with Crippen molar-refractivity contribution in [1.82, 2.24) is 0 Å². The van der Waals surface area contributed by atoms with E-state index in [9.17, 15) is 0 Å². The molecule has 0 saturated carbocycles. The van der Waals surface area contributed by atoms with Gasteiger partial charge in [-0.15, -0.1) is 0 Å². The molecule has 0 atom stereocenters. The average molecular weight is 155 g/mol. The maximum atomic E-state index is 7.55. The van der Waals surface area contributed by atoms with Crippen LogP contribution in [0, 0.1) is 20.5 Å². The van der Waals surface area contributed by atoms with Crippen LogP contribution >= 0.6 is 0 Å². The summed E-state index contributed by atoms with van der Waals surface area (Å²) in [7, 11) is 0. The number of rotatable bonds is 0. The van der Waals surface area contributed by atoms with Gasteiger partial charge in [-0.2, -0.15) is 0 Å². The SMILES string of the molecule is N#[C][Cu-][C]#N.[K+]. The molecular formula is C2CuKN2. The molecule has 0 heterocycles. The summed E-state index contributed by atoms with van der Waals surface area (Å²) in [6, 6.07) is 0. The van der Waals surface area contributed by atoms with Crippen molar-refractivity contribution < 1.29 is 66.3 Å². The smallest absolute Gasteiger partial charge is 1.00 e. The number of hydrogen-bond donors (Lipinski definition) is 0. The van der Waals surface area contributed by atoms with Crippen LogP contribution in [0.25, 0.3) is 0 Å². The van der Waals surface area contributed by atoms with Gasteiger partial charge in [-0.3, -0.25) is 0 Å². The van der Waals surface area contributed by atoms with Crippen LogP contribution < -0.4 is 51.4 Å². The molecule has 30 valence electrons. The predicted octanol–water partition coefficient (Wildman–Crippen LogP) is -2.96. The number of nitrogens with zero attached hydrogens (tertiary/aromatic N) is 2. The second-order valence-electron chi connectivity index (χ2n) is 0.210. The quantitative estimate of drug-likeness (QED) is 0.350. The minimum Gasteiger partial charge on any atom is 1.00 e. The van der Waals surface area contributed by atoms with Crippen molar-refractivity contribution >= 4 is 0 Å². The van der Waals surface area contributed by atoms with E-state index < -0.39 is 0 Å². The molecule has 0 aromatic rings. The summed E-state index contributed by atoms with van der Waals surface area (Å²) in [5, 5.41) is 15.1. The van der Waals surface area contributed by atoms with Crippen molar-refractivity contribution in [3.05, 3.63) is 0 Å². The van der Waals surface area contributed by atoms with Gasteiger partial charge in [0.15, 0.2) is 0 Å². The molecule has 0 spiro atoms. The van der Waals surface area contributed by atoms with Gasteiger partial charge in [0.25, 0.3) is 0 Å². The summed E-state index contributed by atoms with van der Waals surface area (Å²) >= 11 is 0.646. The third kappa shape index (κ3) is 8.93. The minimum absolute atomic E-state index is 0. The van der Waals surface area contributed by atoms with Crippen LogP contribution in [0.2, 0.25) is 0 Å². The van der Waals surface area contributed by atoms with Gasteiger partial charge >= 0.3 is 86.8 Å². The Morgan fingerprint density at radius 2 is 1.50 bits per heavy atom. The van der Waals surface area contributed by atoms with Gasteiger partial charge in [0.1, 0.15) is 0 Å². The Balaban J connectivity index is 0. The first kappa shape index (κ1) is 10.2. The number of hydrogen-bond acceptors (Lipinski definition) is 2. The molecule has 0 saturated heterocycles. The molecule has 4 heteroatoms. The van der Waals surface area contributed by atoms with E-state index in [-0.39, 0.29) is 51.4 Å². The van der Waals surface area contributed by atoms with Crippen LogP contribution in [0.3, 0.4) is 0 Å². The summed E-state index contributed by atoms with van der Waals surface area (Å²) in [4.78, 5) is 3.12. The van der Waals surface area contributed by atoms with Gasteiger partial charge in [0, 0.05) is 0 Å². The van der Waals surface area contributed by atoms with Gasteiger partial charge in [-0.05, 0) is 0 Å². The summed E-state index contributed by atoms with van der Waals surface area (Å²) in [6.45, 7) is 0. The monoisotopic (exact) mass is 154 g/mol. The summed E-state index contributed by atoms with van der Waals surface area (Å²) in [6.07, 6.45) is 0. The molecule has 0 aliphatic heterocycles. The Hall–Kier alpha value is 1.14. The van der Waals surface area contributed by atoms with Crippen molar-refractivity contribution in [2.75, 3.05) is 0 Å². The largest absolute Gasteiger partial charge is 1.00 e. The second kappa shape index (κ2) is 9.46. The van der Waals surface area contributed by atoms with E-state index in [4.69, 9.17) is 10.5 Å². The molecule has 0 aromatic heterocycles. The molecule has 0 N–H and O–H groups in total. The normalized spacial score (nSPS) is 4.33. The molecule has 0 amide bonds. The zero-order valence-corrected chi connectivity index (χ0v) is 7.26. The van der Waals surface area contributed by atoms with Crippen molar-refractivity contribution in [2.24, 2.45) is 0 Å². The first-order valence-corrected chi connectivity index (χ1v) is 1.69. The average Bonchev–Trinajstić information content (AvgIpc) is 1.41. The summed E-state index contributed by atoms with van der Waals surface area (Å²) in [5.41, 5.74) is 0. The van der Waals surface area contributed by atoms with Crippen molar-refractivity contribution in [3.63, 3.8) is 0 Å². The summed E-state index contributed by atoms with van der Waals surface area (Å²) in [5.74, 6) is 0. The molecule has 0 aliphatic carbocycles. The van der Waals surface area contributed by atoms with Crippen LogP contribution in [-0.4, -0.2) is 0 Å². The Morgan fingerprint density at radius 3 is 1.50 bits per heavy atom. The second-order valence-corrected chi connectivity index (χ2v) is 0.867. The fraction of sp³-hybridized carbons (Fsp3) is 0. The van der Waals surface area contributed by atoms with Crippen molar-refractivity contribution in [3.8, 4) is 9.94 Å². The van der Waals surface area contributed by atoms with Crippen LogP contribution in [0.15, 0.2) is 0 Å². The molecular weight excluding hydrogens is 155 g/mol. The zero-order valence-electron chi connectivity index (χ0n) is 3.20. The van der Waals surface area contributed by atoms with Gasteiger partial charge in [-0.25, -0.2) is 0 Å². The van der Waals surface area contributed by atoms with Gasteiger partial charge in [0.2, 0.25) is 0 Å². The number of nitriles is 2. The van der Waals surface area contributed by atoms with E-state index in [0.717, 1.165) is 0 Å². The van der Waals surface area contributed by atoms with Gasteiger partial charge in [0.05, 0.1) is 0 Å². The molecule has 0 rings (SSSR count). The van der Waals surface area contributed by atoms with Crippen LogP contribution in [-0.2, 0) is 15.0 Å². The molecule has 0 aromatic carbocycles. The maximum Gasteiger partial charge on any atom is 1.00 e. The van der Waals surface area contributed by atoms with Crippen molar-refractivity contribution in [1.29, 1.82) is 10.5 Å². The molecule has 2 nitrogen and oxygen atoms in total. The first-order valence-electron chi connectivity index (χ1n) is 0.749. The van der Waals surface area contributed by atoms with Gasteiger partial charge < -0.3 is 0 Å². The Bertz CT molecular complexity index is 76.7. The Kier molecular flexibility index (Phi) is 16.1. The predicted molar refractivity (Wildman–Crippen MR) is 11.2 cm³/mol. The van der Waals surface area contributed by atoms with E-state index >= 15 is 0 Å².